The van der Waals surface area contributed by atoms with E-state index < -0.39 is 0 Å². The lowest BCUT2D eigenvalue weighted by atomic mass is 9.73. The summed E-state index contributed by atoms with van der Waals surface area (Å²) in [6, 6.07) is 2.53. The number of aryl methyl sites for hydroxylation is 2. The third kappa shape index (κ3) is 3.86. The number of hydrogen-bond donors (Lipinski definition) is 1. The van der Waals surface area contributed by atoms with Gasteiger partial charge in [0.1, 0.15) is 0 Å². The monoisotopic (exact) mass is 293 g/mol. The van der Waals surface area contributed by atoms with Gasteiger partial charge in [0, 0.05) is 31.6 Å². The highest BCUT2D eigenvalue weighted by molar-refractivity contribution is 5.03. The van der Waals surface area contributed by atoms with E-state index in [1.165, 1.54) is 31.4 Å². The Labute approximate surface area is 129 Å². The maximum absolute atomic E-state index is 6.31. The second-order valence-corrected chi connectivity index (χ2v) is 6.53. The highest BCUT2D eigenvalue weighted by Crippen LogP contribution is 2.38. The van der Waals surface area contributed by atoms with E-state index >= 15 is 0 Å². The van der Waals surface area contributed by atoms with Crippen LogP contribution in [0.25, 0.3) is 0 Å². The average molecular weight is 293 g/mol. The highest BCUT2D eigenvalue weighted by Gasteiger charge is 2.41. The number of rotatable bonds is 7. The topological polar surface area (TPSA) is 39.1 Å². The smallest absolute Gasteiger partial charge is 0.0837 e. The predicted molar refractivity (Wildman–Crippen MR) is 86.4 cm³/mol. The Kier molecular flexibility index (Phi) is 5.82. The lowest BCUT2D eigenvalue weighted by molar-refractivity contribution is -0.100. The minimum atomic E-state index is 0.0137. The van der Waals surface area contributed by atoms with Crippen molar-refractivity contribution in [3.05, 3.63) is 18.0 Å². The van der Waals surface area contributed by atoms with Crippen LogP contribution in [0.5, 0.6) is 0 Å². The van der Waals surface area contributed by atoms with Crippen molar-refractivity contribution in [1.82, 2.24) is 15.1 Å². The Morgan fingerprint density at radius 3 is 2.95 bits per heavy atom. The van der Waals surface area contributed by atoms with Gasteiger partial charge in [0.15, 0.2) is 0 Å². The number of likely N-dealkylation sites (N-methyl/N-ethyl adjacent to an activating group) is 1. The van der Waals surface area contributed by atoms with Gasteiger partial charge in [-0.2, -0.15) is 5.10 Å². The van der Waals surface area contributed by atoms with Crippen LogP contribution in [0.2, 0.25) is 0 Å². The van der Waals surface area contributed by atoms with E-state index in [4.69, 9.17) is 4.74 Å². The number of aromatic nitrogens is 2. The van der Waals surface area contributed by atoms with Crippen molar-refractivity contribution in [3.8, 4) is 0 Å². The van der Waals surface area contributed by atoms with Crippen molar-refractivity contribution in [2.45, 2.75) is 64.0 Å². The Morgan fingerprint density at radius 2 is 2.38 bits per heavy atom. The van der Waals surface area contributed by atoms with E-state index in [1.807, 2.05) is 17.9 Å². The van der Waals surface area contributed by atoms with Crippen molar-refractivity contribution in [2.24, 2.45) is 13.0 Å². The second kappa shape index (κ2) is 7.41. The predicted octanol–water partition coefficient (Wildman–Crippen LogP) is 2.93. The molecule has 3 unspecified atom stereocenters. The lowest BCUT2D eigenvalue weighted by Crippen LogP contribution is -2.54. The SMILES string of the molecule is CCOC1(C(CCc2ccnn2C)NC)CCCC(C)C1. The summed E-state index contributed by atoms with van der Waals surface area (Å²) in [5, 5.41) is 7.81. The minimum Gasteiger partial charge on any atom is -0.374 e. The summed E-state index contributed by atoms with van der Waals surface area (Å²) >= 11 is 0. The molecule has 1 heterocycles. The van der Waals surface area contributed by atoms with Crippen LogP contribution in [-0.4, -0.2) is 35.1 Å². The van der Waals surface area contributed by atoms with Gasteiger partial charge in [-0.1, -0.05) is 19.8 Å². The molecule has 2 rings (SSSR count). The molecule has 0 spiro atoms. The molecule has 0 amide bonds. The Hall–Kier alpha value is -0.870. The summed E-state index contributed by atoms with van der Waals surface area (Å²) in [7, 11) is 4.10. The van der Waals surface area contributed by atoms with E-state index in [0.717, 1.165) is 25.4 Å². The van der Waals surface area contributed by atoms with Gasteiger partial charge in [0.2, 0.25) is 0 Å². The Morgan fingerprint density at radius 1 is 1.57 bits per heavy atom. The molecule has 3 atom stereocenters. The molecule has 4 heteroatoms. The number of hydrogen-bond acceptors (Lipinski definition) is 3. The molecule has 0 aliphatic heterocycles. The number of ether oxygens (including phenoxy) is 1. The fourth-order valence-corrected chi connectivity index (χ4v) is 3.99. The fraction of sp³-hybridized carbons (Fsp3) is 0.824. The quantitative estimate of drug-likeness (QED) is 0.840. The normalized spacial score (nSPS) is 27.7. The van der Waals surface area contributed by atoms with E-state index in [9.17, 15) is 0 Å². The van der Waals surface area contributed by atoms with Crippen molar-refractivity contribution in [3.63, 3.8) is 0 Å². The third-order valence-electron chi connectivity index (χ3n) is 5.02. The summed E-state index contributed by atoms with van der Waals surface area (Å²) in [5.74, 6) is 0.762. The van der Waals surface area contributed by atoms with E-state index in [1.54, 1.807) is 0 Å². The summed E-state index contributed by atoms with van der Waals surface area (Å²) in [6.07, 6.45) is 9.01. The van der Waals surface area contributed by atoms with Gasteiger partial charge in [0.25, 0.3) is 0 Å². The third-order valence-corrected chi connectivity index (χ3v) is 5.02. The zero-order valence-electron chi connectivity index (χ0n) is 14.1. The molecule has 0 saturated heterocycles. The molecule has 1 aliphatic rings. The maximum Gasteiger partial charge on any atom is 0.0837 e. The first kappa shape index (κ1) is 16.5. The van der Waals surface area contributed by atoms with Crippen LogP contribution in [0.1, 0.15) is 51.6 Å². The van der Waals surface area contributed by atoms with Crippen molar-refractivity contribution < 1.29 is 4.74 Å². The molecule has 0 aromatic carbocycles. The number of nitrogens with zero attached hydrogens (tertiary/aromatic N) is 2. The van der Waals surface area contributed by atoms with Crippen LogP contribution >= 0.6 is 0 Å². The first-order valence-electron chi connectivity index (χ1n) is 8.39. The van der Waals surface area contributed by atoms with Gasteiger partial charge in [-0.15, -0.1) is 0 Å². The first-order valence-corrected chi connectivity index (χ1v) is 8.39. The van der Waals surface area contributed by atoms with Crippen LogP contribution < -0.4 is 5.32 Å². The van der Waals surface area contributed by atoms with Crippen molar-refractivity contribution >= 4 is 0 Å². The average Bonchev–Trinajstić information content (AvgIpc) is 2.85. The molecule has 1 aromatic heterocycles. The van der Waals surface area contributed by atoms with Gasteiger partial charge >= 0.3 is 0 Å². The zero-order valence-corrected chi connectivity index (χ0v) is 14.1. The molecule has 4 nitrogen and oxygen atoms in total. The maximum atomic E-state index is 6.31. The molecule has 1 N–H and O–H groups in total. The molecule has 1 fully saturated rings. The largest absolute Gasteiger partial charge is 0.374 e. The fourth-order valence-electron chi connectivity index (χ4n) is 3.99. The van der Waals surface area contributed by atoms with Gasteiger partial charge in [-0.3, -0.25) is 4.68 Å². The molecular weight excluding hydrogens is 262 g/mol. The van der Waals surface area contributed by atoms with Gasteiger partial charge < -0.3 is 10.1 Å². The van der Waals surface area contributed by atoms with Gasteiger partial charge in [-0.05, 0) is 51.6 Å². The van der Waals surface area contributed by atoms with Crippen molar-refractivity contribution in [1.29, 1.82) is 0 Å². The van der Waals surface area contributed by atoms with E-state index in [-0.39, 0.29) is 5.60 Å². The summed E-state index contributed by atoms with van der Waals surface area (Å²) in [4.78, 5) is 0. The van der Waals surface area contributed by atoms with E-state index in [0.29, 0.717) is 6.04 Å². The first-order chi connectivity index (χ1) is 10.1. The van der Waals surface area contributed by atoms with E-state index in [2.05, 4.69) is 37.4 Å². The minimum absolute atomic E-state index is 0.0137. The second-order valence-electron chi connectivity index (χ2n) is 6.53. The Bertz CT molecular complexity index is 427. The standard InChI is InChI=1S/C17H31N3O/c1-5-21-17(11-6-7-14(2)13-17)16(18-3)9-8-15-10-12-19-20(15)4/h10,12,14,16,18H,5-9,11,13H2,1-4H3. The molecule has 120 valence electrons. The molecule has 1 aromatic rings. The summed E-state index contributed by atoms with van der Waals surface area (Å²) in [5.41, 5.74) is 1.31. The van der Waals surface area contributed by atoms with Gasteiger partial charge in [0.05, 0.1) is 5.60 Å². The van der Waals surface area contributed by atoms with Crippen LogP contribution in [-0.2, 0) is 18.2 Å². The highest BCUT2D eigenvalue weighted by atomic mass is 16.5. The molecule has 1 aliphatic carbocycles. The van der Waals surface area contributed by atoms with Crippen LogP contribution in [0.15, 0.2) is 12.3 Å². The molecule has 0 bridgehead atoms. The van der Waals surface area contributed by atoms with Crippen molar-refractivity contribution in [2.75, 3.05) is 13.7 Å². The molecule has 1 saturated carbocycles. The lowest BCUT2D eigenvalue weighted by Gasteiger charge is -2.45. The summed E-state index contributed by atoms with van der Waals surface area (Å²) < 4.78 is 8.28. The molecular formula is C17H31N3O. The zero-order chi connectivity index (χ0) is 15.3. The summed E-state index contributed by atoms with van der Waals surface area (Å²) in [6.45, 7) is 5.28. The van der Waals surface area contributed by atoms with Gasteiger partial charge in [-0.25, -0.2) is 0 Å². The Balaban J connectivity index is 2.06. The number of nitrogens with one attached hydrogen (secondary N) is 1. The molecule has 0 radical (unpaired) electrons. The van der Waals surface area contributed by atoms with Crippen LogP contribution in [0.3, 0.4) is 0 Å². The van der Waals surface area contributed by atoms with Crippen LogP contribution in [0.4, 0.5) is 0 Å². The molecule has 21 heavy (non-hydrogen) atoms. The van der Waals surface area contributed by atoms with Crippen LogP contribution in [0, 0.1) is 5.92 Å².